The summed E-state index contributed by atoms with van der Waals surface area (Å²) in [5.41, 5.74) is 2.39. The summed E-state index contributed by atoms with van der Waals surface area (Å²) < 4.78 is 5.05. The van der Waals surface area contributed by atoms with Gasteiger partial charge in [0.1, 0.15) is 0 Å². The van der Waals surface area contributed by atoms with Crippen molar-refractivity contribution in [2.24, 2.45) is 0 Å². The lowest BCUT2D eigenvalue weighted by atomic mass is 10.2. The topological polar surface area (TPSA) is 50.4 Å². The predicted octanol–water partition coefficient (Wildman–Crippen LogP) is 4.13. The van der Waals surface area contributed by atoms with E-state index in [1.54, 1.807) is 31.4 Å². The minimum atomic E-state index is -0.304. The van der Waals surface area contributed by atoms with Gasteiger partial charge in [0.15, 0.2) is 0 Å². The highest BCUT2D eigenvalue weighted by Gasteiger charge is 2.03. The second kappa shape index (κ2) is 6.93. The molecule has 5 heteroatoms. The third-order valence-corrected chi connectivity index (χ3v) is 2.85. The molecule has 0 aliphatic rings. The van der Waals surface area contributed by atoms with Gasteiger partial charge in [0.05, 0.1) is 6.61 Å². The monoisotopic (exact) mass is 290 g/mol. The Bertz CT molecular complexity index is 585. The zero-order valence-electron chi connectivity index (χ0n) is 11.0. The molecule has 0 unspecified atom stereocenters. The van der Waals surface area contributed by atoms with Crippen molar-refractivity contribution in [2.75, 3.05) is 17.7 Å². The van der Waals surface area contributed by atoms with Crippen molar-refractivity contribution in [3.8, 4) is 0 Å². The maximum atomic E-state index is 11.8. The fourth-order valence-electron chi connectivity index (χ4n) is 1.73. The Hall–Kier alpha value is -2.04. The standard InChI is InChI=1S/C15H15ClN2O2/c1-20-10-11-3-2-4-14(9-11)18-15(19)17-13-7-5-12(16)6-8-13/h2-9H,10H2,1H3,(H2,17,18,19). The van der Waals surface area contributed by atoms with E-state index >= 15 is 0 Å². The fraction of sp³-hybridized carbons (Fsp3) is 0.133. The van der Waals surface area contributed by atoms with E-state index in [-0.39, 0.29) is 6.03 Å². The number of ether oxygens (including phenoxy) is 1. The molecule has 4 nitrogen and oxygen atoms in total. The second-order valence-electron chi connectivity index (χ2n) is 4.22. The van der Waals surface area contributed by atoms with E-state index in [4.69, 9.17) is 16.3 Å². The largest absolute Gasteiger partial charge is 0.380 e. The van der Waals surface area contributed by atoms with E-state index in [0.717, 1.165) is 5.56 Å². The molecule has 2 N–H and O–H groups in total. The molecule has 0 heterocycles. The van der Waals surface area contributed by atoms with Crippen LogP contribution < -0.4 is 10.6 Å². The molecular weight excluding hydrogens is 276 g/mol. The summed E-state index contributed by atoms with van der Waals surface area (Å²) in [6.07, 6.45) is 0. The molecule has 0 aromatic heterocycles. The van der Waals surface area contributed by atoms with Gasteiger partial charge in [0.2, 0.25) is 0 Å². The maximum absolute atomic E-state index is 11.8. The molecule has 0 bridgehead atoms. The molecule has 0 fully saturated rings. The summed E-state index contributed by atoms with van der Waals surface area (Å²) in [5.74, 6) is 0. The lowest BCUT2D eigenvalue weighted by molar-refractivity contribution is 0.185. The molecule has 0 saturated carbocycles. The lowest BCUT2D eigenvalue weighted by Crippen LogP contribution is -2.19. The second-order valence-corrected chi connectivity index (χ2v) is 4.66. The van der Waals surface area contributed by atoms with E-state index in [1.807, 2.05) is 24.3 Å². The minimum absolute atomic E-state index is 0.304. The Balaban J connectivity index is 1.97. The van der Waals surface area contributed by atoms with Crippen molar-refractivity contribution in [3.05, 3.63) is 59.1 Å². The average Bonchev–Trinajstić information content (AvgIpc) is 2.42. The number of hydrogen-bond donors (Lipinski definition) is 2. The number of benzene rings is 2. The Morgan fingerprint density at radius 2 is 1.80 bits per heavy atom. The Morgan fingerprint density at radius 3 is 2.50 bits per heavy atom. The molecule has 2 amide bonds. The molecule has 0 aliphatic carbocycles. The van der Waals surface area contributed by atoms with Gasteiger partial charge in [0, 0.05) is 23.5 Å². The van der Waals surface area contributed by atoms with Crippen LogP contribution in [0.3, 0.4) is 0 Å². The maximum Gasteiger partial charge on any atom is 0.323 e. The van der Waals surface area contributed by atoms with Gasteiger partial charge in [-0.1, -0.05) is 23.7 Å². The van der Waals surface area contributed by atoms with Gasteiger partial charge in [-0.15, -0.1) is 0 Å². The van der Waals surface area contributed by atoms with Crippen LogP contribution in [0.25, 0.3) is 0 Å². The first-order valence-corrected chi connectivity index (χ1v) is 6.46. The Morgan fingerprint density at radius 1 is 1.10 bits per heavy atom. The first kappa shape index (κ1) is 14.4. The lowest BCUT2D eigenvalue weighted by Gasteiger charge is -2.09. The molecule has 0 radical (unpaired) electrons. The van der Waals surface area contributed by atoms with Gasteiger partial charge in [-0.2, -0.15) is 0 Å². The molecule has 2 aromatic rings. The zero-order valence-corrected chi connectivity index (χ0v) is 11.8. The van der Waals surface area contributed by atoms with Crippen LogP contribution in [0.1, 0.15) is 5.56 Å². The number of halogens is 1. The summed E-state index contributed by atoms with van der Waals surface area (Å²) in [6.45, 7) is 0.508. The molecule has 104 valence electrons. The van der Waals surface area contributed by atoms with E-state index in [0.29, 0.717) is 23.0 Å². The van der Waals surface area contributed by atoms with Crippen molar-refractivity contribution in [2.45, 2.75) is 6.61 Å². The highest BCUT2D eigenvalue weighted by atomic mass is 35.5. The number of carbonyl (C=O) groups excluding carboxylic acids is 1. The number of methoxy groups -OCH3 is 1. The summed E-state index contributed by atoms with van der Waals surface area (Å²) in [4.78, 5) is 11.8. The minimum Gasteiger partial charge on any atom is -0.380 e. The number of amides is 2. The summed E-state index contributed by atoms with van der Waals surface area (Å²) in [5, 5.41) is 6.12. The van der Waals surface area contributed by atoms with Crippen molar-refractivity contribution in [1.82, 2.24) is 0 Å². The number of nitrogens with one attached hydrogen (secondary N) is 2. The summed E-state index contributed by atoms with van der Waals surface area (Å²) in [6, 6.07) is 14.1. The van der Waals surface area contributed by atoms with Crippen molar-refractivity contribution >= 4 is 29.0 Å². The van der Waals surface area contributed by atoms with Gasteiger partial charge in [-0.25, -0.2) is 4.79 Å². The third kappa shape index (κ3) is 4.26. The van der Waals surface area contributed by atoms with Gasteiger partial charge in [0.25, 0.3) is 0 Å². The summed E-state index contributed by atoms with van der Waals surface area (Å²) in [7, 11) is 1.63. The average molecular weight is 291 g/mol. The van der Waals surface area contributed by atoms with Crippen molar-refractivity contribution in [1.29, 1.82) is 0 Å². The third-order valence-electron chi connectivity index (χ3n) is 2.60. The van der Waals surface area contributed by atoms with Crippen molar-refractivity contribution < 1.29 is 9.53 Å². The fourth-order valence-corrected chi connectivity index (χ4v) is 1.86. The van der Waals surface area contributed by atoms with Crippen LogP contribution in [0, 0.1) is 0 Å². The quantitative estimate of drug-likeness (QED) is 0.889. The molecule has 0 aliphatic heterocycles. The van der Waals surface area contributed by atoms with E-state index in [2.05, 4.69) is 10.6 Å². The van der Waals surface area contributed by atoms with E-state index < -0.39 is 0 Å². The zero-order chi connectivity index (χ0) is 14.4. The number of hydrogen-bond acceptors (Lipinski definition) is 2. The molecule has 0 atom stereocenters. The van der Waals surface area contributed by atoms with Gasteiger partial charge < -0.3 is 15.4 Å². The first-order chi connectivity index (χ1) is 9.67. The summed E-state index contributed by atoms with van der Waals surface area (Å²) >= 11 is 5.78. The molecule has 2 rings (SSSR count). The molecule has 2 aromatic carbocycles. The molecular formula is C15H15ClN2O2. The van der Waals surface area contributed by atoms with Crippen LogP contribution in [0.15, 0.2) is 48.5 Å². The normalized spacial score (nSPS) is 10.1. The number of anilines is 2. The van der Waals surface area contributed by atoms with Gasteiger partial charge in [-0.3, -0.25) is 0 Å². The van der Waals surface area contributed by atoms with Crippen LogP contribution in [0.4, 0.5) is 16.2 Å². The van der Waals surface area contributed by atoms with Crippen LogP contribution in [-0.4, -0.2) is 13.1 Å². The van der Waals surface area contributed by atoms with Crippen LogP contribution in [0.2, 0.25) is 5.02 Å². The van der Waals surface area contributed by atoms with Gasteiger partial charge >= 0.3 is 6.03 Å². The van der Waals surface area contributed by atoms with Crippen molar-refractivity contribution in [3.63, 3.8) is 0 Å². The first-order valence-electron chi connectivity index (χ1n) is 6.09. The van der Waals surface area contributed by atoms with Crippen LogP contribution in [-0.2, 0) is 11.3 Å². The Kier molecular flexibility index (Phi) is 4.98. The van der Waals surface area contributed by atoms with E-state index in [1.165, 1.54) is 0 Å². The smallest absolute Gasteiger partial charge is 0.323 e. The molecule has 20 heavy (non-hydrogen) atoms. The number of rotatable bonds is 4. The predicted molar refractivity (Wildman–Crippen MR) is 81.2 cm³/mol. The van der Waals surface area contributed by atoms with Crippen LogP contribution in [0.5, 0.6) is 0 Å². The molecule has 0 saturated heterocycles. The molecule has 0 spiro atoms. The highest BCUT2D eigenvalue weighted by Crippen LogP contribution is 2.15. The highest BCUT2D eigenvalue weighted by molar-refractivity contribution is 6.30. The van der Waals surface area contributed by atoms with Crippen LogP contribution >= 0.6 is 11.6 Å². The number of urea groups is 1. The SMILES string of the molecule is COCc1cccc(NC(=O)Nc2ccc(Cl)cc2)c1. The van der Waals surface area contributed by atoms with Gasteiger partial charge in [-0.05, 0) is 42.0 Å². The Labute approximate surface area is 122 Å². The van der Waals surface area contributed by atoms with E-state index in [9.17, 15) is 4.79 Å². The number of carbonyl (C=O) groups is 1.